The van der Waals surface area contributed by atoms with Gasteiger partial charge in [-0.1, -0.05) is 68.4 Å². The van der Waals surface area contributed by atoms with E-state index in [1.807, 2.05) is 75.2 Å². The Morgan fingerprint density at radius 1 is 1.04 bits per heavy atom. The van der Waals surface area contributed by atoms with Gasteiger partial charge in [-0.05, 0) is 11.6 Å². The molecule has 2 aromatic carbocycles. The van der Waals surface area contributed by atoms with Crippen LogP contribution in [-0.2, 0) is 18.4 Å². The SMILES string of the molecule is CC.CCC(=O)N1Cc2ccccc2-c2nnn(C)c2-c2ccccc21.I. The fourth-order valence-electron chi connectivity index (χ4n) is 3.31. The summed E-state index contributed by atoms with van der Waals surface area (Å²) in [7, 11) is 1.89. The van der Waals surface area contributed by atoms with E-state index in [4.69, 9.17) is 0 Å². The zero-order chi connectivity index (χ0) is 18.7. The number of amides is 1. The Bertz CT molecular complexity index is 935. The molecule has 0 aliphatic carbocycles. The third-order valence-electron chi connectivity index (χ3n) is 4.48. The van der Waals surface area contributed by atoms with Crippen molar-refractivity contribution in [2.24, 2.45) is 7.05 Å². The predicted octanol–water partition coefficient (Wildman–Crippen LogP) is 5.05. The van der Waals surface area contributed by atoms with Gasteiger partial charge in [-0.15, -0.1) is 29.1 Å². The smallest absolute Gasteiger partial charge is 0.227 e. The van der Waals surface area contributed by atoms with Crippen LogP contribution in [-0.4, -0.2) is 20.9 Å². The summed E-state index contributed by atoms with van der Waals surface area (Å²) in [4.78, 5) is 14.5. The quantitative estimate of drug-likeness (QED) is 0.462. The minimum atomic E-state index is 0. The van der Waals surface area contributed by atoms with E-state index in [2.05, 4.69) is 16.4 Å². The molecular weight excluding hydrogens is 451 g/mol. The first kappa shape index (κ1) is 21.1. The number of nitrogens with zero attached hydrogens (tertiary/aromatic N) is 4. The first-order chi connectivity index (χ1) is 12.7. The summed E-state index contributed by atoms with van der Waals surface area (Å²) in [6, 6.07) is 16.1. The van der Waals surface area contributed by atoms with Crippen LogP contribution in [0.1, 0.15) is 32.8 Å². The van der Waals surface area contributed by atoms with Crippen molar-refractivity contribution in [3.8, 4) is 22.5 Å². The minimum Gasteiger partial charge on any atom is -0.307 e. The van der Waals surface area contributed by atoms with Gasteiger partial charge in [0.25, 0.3) is 0 Å². The fourth-order valence-corrected chi connectivity index (χ4v) is 3.31. The molecule has 0 N–H and O–H groups in total. The Morgan fingerprint density at radius 3 is 2.37 bits per heavy atom. The van der Waals surface area contributed by atoms with Crippen LogP contribution in [0.3, 0.4) is 0 Å². The molecular formula is C21H25IN4O. The van der Waals surface area contributed by atoms with Crippen LogP contribution in [0.15, 0.2) is 48.5 Å². The molecule has 3 aromatic rings. The van der Waals surface area contributed by atoms with Gasteiger partial charge in [-0.2, -0.15) is 0 Å². The Balaban J connectivity index is 0.000000844. The topological polar surface area (TPSA) is 51.0 Å². The number of aromatic nitrogens is 3. The number of hydrogen-bond donors (Lipinski definition) is 0. The summed E-state index contributed by atoms with van der Waals surface area (Å²) in [6.45, 7) is 6.43. The van der Waals surface area contributed by atoms with E-state index in [1.165, 1.54) is 0 Å². The second kappa shape index (κ2) is 9.12. The normalized spacial score (nSPS) is 11.5. The van der Waals surface area contributed by atoms with Gasteiger partial charge in [0, 0.05) is 24.6 Å². The number of para-hydroxylation sites is 1. The summed E-state index contributed by atoms with van der Waals surface area (Å²) in [5.74, 6) is 0.107. The molecule has 4 rings (SSSR count). The van der Waals surface area contributed by atoms with E-state index in [-0.39, 0.29) is 29.9 Å². The van der Waals surface area contributed by atoms with Crippen LogP contribution in [0.25, 0.3) is 22.5 Å². The highest BCUT2D eigenvalue weighted by atomic mass is 127. The minimum absolute atomic E-state index is 0. The third-order valence-corrected chi connectivity index (χ3v) is 4.48. The molecule has 0 radical (unpaired) electrons. The van der Waals surface area contributed by atoms with Crippen molar-refractivity contribution in [3.05, 3.63) is 54.1 Å². The van der Waals surface area contributed by atoms with Gasteiger partial charge in [0.05, 0.1) is 17.9 Å². The molecule has 1 amide bonds. The van der Waals surface area contributed by atoms with Crippen molar-refractivity contribution in [2.75, 3.05) is 4.90 Å². The largest absolute Gasteiger partial charge is 0.307 e. The predicted molar refractivity (Wildman–Crippen MR) is 120 cm³/mol. The van der Waals surface area contributed by atoms with E-state index in [1.54, 1.807) is 4.68 Å². The highest BCUT2D eigenvalue weighted by Crippen LogP contribution is 2.40. The molecule has 0 bridgehead atoms. The third kappa shape index (κ3) is 3.76. The first-order valence-corrected chi connectivity index (χ1v) is 9.08. The van der Waals surface area contributed by atoms with E-state index in [9.17, 15) is 4.79 Å². The zero-order valence-electron chi connectivity index (χ0n) is 16.1. The van der Waals surface area contributed by atoms with Gasteiger partial charge in [-0.3, -0.25) is 4.79 Å². The molecule has 0 atom stereocenters. The number of halogens is 1. The first-order valence-electron chi connectivity index (χ1n) is 9.08. The number of benzene rings is 2. The summed E-state index contributed by atoms with van der Waals surface area (Å²) in [6.07, 6.45) is 0.465. The number of rotatable bonds is 1. The maximum Gasteiger partial charge on any atom is 0.227 e. The molecule has 0 fully saturated rings. The number of anilines is 1. The molecule has 0 saturated carbocycles. The van der Waals surface area contributed by atoms with Crippen LogP contribution < -0.4 is 4.90 Å². The summed E-state index contributed by atoms with van der Waals surface area (Å²) >= 11 is 0. The summed E-state index contributed by atoms with van der Waals surface area (Å²) < 4.78 is 1.78. The maximum absolute atomic E-state index is 12.6. The molecule has 2 heterocycles. The average molecular weight is 476 g/mol. The van der Waals surface area contributed by atoms with Gasteiger partial charge >= 0.3 is 0 Å². The van der Waals surface area contributed by atoms with Crippen molar-refractivity contribution in [1.29, 1.82) is 0 Å². The fraction of sp³-hybridized carbons (Fsp3) is 0.286. The molecule has 0 spiro atoms. The second-order valence-electron chi connectivity index (χ2n) is 5.92. The lowest BCUT2D eigenvalue weighted by Crippen LogP contribution is -2.31. The van der Waals surface area contributed by atoms with Crippen LogP contribution >= 0.6 is 24.0 Å². The van der Waals surface area contributed by atoms with Crippen molar-refractivity contribution in [3.63, 3.8) is 0 Å². The van der Waals surface area contributed by atoms with Crippen LogP contribution in [0.2, 0.25) is 0 Å². The van der Waals surface area contributed by atoms with Gasteiger partial charge < -0.3 is 4.90 Å². The zero-order valence-corrected chi connectivity index (χ0v) is 18.5. The Morgan fingerprint density at radius 2 is 1.67 bits per heavy atom. The number of fused-ring (bicyclic) bond motifs is 5. The van der Waals surface area contributed by atoms with Crippen molar-refractivity contribution in [2.45, 2.75) is 33.7 Å². The molecule has 6 heteroatoms. The lowest BCUT2D eigenvalue weighted by Gasteiger charge is -2.28. The number of carbonyl (C=O) groups is 1. The summed E-state index contributed by atoms with van der Waals surface area (Å²) in [5.41, 5.74) is 5.80. The average Bonchev–Trinajstić information content (AvgIpc) is 3.07. The van der Waals surface area contributed by atoms with Crippen LogP contribution in [0.4, 0.5) is 5.69 Å². The van der Waals surface area contributed by atoms with Crippen molar-refractivity contribution >= 4 is 35.6 Å². The van der Waals surface area contributed by atoms with Gasteiger partial charge in [0.15, 0.2) is 0 Å². The lowest BCUT2D eigenvalue weighted by molar-refractivity contribution is -0.118. The van der Waals surface area contributed by atoms with Crippen molar-refractivity contribution in [1.82, 2.24) is 15.0 Å². The van der Waals surface area contributed by atoms with Crippen LogP contribution in [0.5, 0.6) is 0 Å². The standard InChI is InChI=1S/C19H18N4O.C2H6.HI/c1-3-17(24)23-12-13-8-4-5-9-14(13)18-19(22(2)21-20-18)15-10-6-7-11-16(15)23;1-2;/h4-11H,3,12H2,1-2H3;1-2H3;1H. The highest BCUT2D eigenvalue weighted by molar-refractivity contribution is 14.0. The van der Waals surface area contributed by atoms with Crippen molar-refractivity contribution < 1.29 is 4.79 Å². The Hall–Kier alpha value is -2.22. The van der Waals surface area contributed by atoms with E-state index >= 15 is 0 Å². The molecule has 1 aliphatic heterocycles. The lowest BCUT2D eigenvalue weighted by atomic mass is 9.95. The van der Waals surface area contributed by atoms with Gasteiger partial charge in [0.1, 0.15) is 5.69 Å². The summed E-state index contributed by atoms with van der Waals surface area (Å²) in [5, 5.41) is 8.63. The van der Waals surface area contributed by atoms with Gasteiger partial charge in [-0.25, -0.2) is 4.68 Å². The maximum atomic E-state index is 12.6. The Kier molecular flexibility index (Phi) is 7.12. The molecule has 142 valence electrons. The Labute approximate surface area is 177 Å². The van der Waals surface area contributed by atoms with Crippen LogP contribution in [0, 0.1) is 0 Å². The number of aryl methyl sites for hydroxylation is 1. The van der Waals surface area contributed by atoms with Gasteiger partial charge in [0.2, 0.25) is 5.91 Å². The number of carbonyl (C=O) groups excluding carboxylic acids is 1. The monoisotopic (exact) mass is 476 g/mol. The molecule has 5 nitrogen and oxygen atoms in total. The van der Waals surface area contributed by atoms with E-state index < -0.39 is 0 Å². The molecule has 27 heavy (non-hydrogen) atoms. The molecule has 0 saturated heterocycles. The molecule has 1 aliphatic rings. The highest BCUT2D eigenvalue weighted by Gasteiger charge is 2.27. The van der Waals surface area contributed by atoms with E-state index in [0.29, 0.717) is 13.0 Å². The number of hydrogen-bond acceptors (Lipinski definition) is 3. The second-order valence-corrected chi connectivity index (χ2v) is 5.92. The molecule has 1 aromatic heterocycles. The van der Waals surface area contributed by atoms with E-state index in [0.717, 1.165) is 33.8 Å². The molecule has 0 unspecified atom stereocenters.